The second-order valence-electron chi connectivity index (χ2n) is 2.68. The van der Waals surface area contributed by atoms with Gasteiger partial charge in [0.25, 0.3) is 0 Å². The molecule has 13 heavy (non-hydrogen) atoms. The number of rotatable bonds is 7. The van der Waals surface area contributed by atoms with Gasteiger partial charge in [-0.2, -0.15) is 12.8 Å². The predicted molar refractivity (Wildman–Crippen MR) is 58.2 cm³/mol. The second-order valence-corrected chi connectivity index (χ2v) is 2.68. The Kier molecular flexibility index (Phi) is 27.5. The maximum atomic E-state index is 3.61. The molecule has 0 atom stereocenters. The third-order valence-electron chi connectivity index (χ3n) is 1.59. The fourth-order valence-corrected chi connectivity index (χ4v) is 0.928. The smallest absolute Gasteiger partial charge is 1.00 e. The van der Waals surface area contributed by atoms with Gasteiger partial charge in [0.2, 0.25) is 0 Å². The molecule has 0 radical (unpaired) electrons. The van der Waals surface area contributed by atoms with E-state index < -0.39 is 0 Å². The summed E-state index contributed by atoms with van der Waals surface area (Å²) >= 11 is 0. The molecule has 0 saturated heterocycles. The topological polar surface area (TPSA) is 0 Å². The Morgan fingerprint density at radius 1 is 1.31 bits per heavy atom. The molecule has 2 heteroatoms. The van der Waals surface area contributed by atoms with E-state index in [2.05, 4.69) is 26.0 Å². The third kappa shape index (κ3) is 19.2. The van der Waals surface area contributed by atoms with Crippen LogP contribution < -0.4 is 17.0 Å². The minimum atomic E-state index is 0. The summed E-state index contributed by atoms with van der Waals surface area (Å²) in [7, 11) is 0. The molecule has 0 nitrogen and oxygen atoms in total. The summed E-state index contributed by atoms with van der Waals surface area (Å²) in [5, 5.41) is 0. The Morgan fingerprint density at radius 2 is 2.00 bits per heavy atom. The van der Waals surface area contributed by atoms with E-state index >= 15 is 0 Å². The van der Waals surface area contributed by atoms with Crippen LogP contribution in [0.25, 0.3) is 0 Å². The van der Waals surface area contributed by atoms with E-state index in [9.17, 15) is 0 Å². The zero-order valence-electron chi connectivity index (χ0n) is 8.64. The van der Waals surface area contributed by atoms with Gasteiger partial charge < -0.3 is 23.4 Å². The molecular weight excluding hydrogens is 236 g/mol. The summed E-state index contributed by atoms with van der Waals surface area (Å²) < 4.78 is 0. The van der Waals surface area contributed by atoms with E-state index in [0.29, 0.717) is 0 Å². The van der Waals surface area contributed by atoms with Crippen LogP contribution in [0.4, 0.5) is 0 Å². The monoisotopic (exact) mass is 254 g/mol. The van der Waals surface area contributed by atoms with Gasteiger partial charge in [-0.3, -0.25) is 0 Å². The first-order valence-electron chi connectivity index (χ1n) is 4.51. The first-order chi connectivity index (χ1) is 5.41. The van der Waals surface area contributed by atoms with Gasteiger partial charge in [-0.1, -0.05) is 44.9 Å². The minimum Gasteiger partial charge on any atom is -1.00 e. The zero-order chi connectivity index (χ0) is 8.36. The van der Waals surface area contributed by atoms with E-state index in [-0.39, 0.29) is 40.0 Å². The van der Waals surface area contributed by atoms with Crippen LogP contribution in [0.5, 0.6) is 0 Å². The summed E-state index contributed by atoms with van der Waals surface area (Å²) in [6.07, 6.45) is 14.7. The molecule has 0 aliphatic carbocycles. The van der Waals surface area contributed by atoms with Gasteiger partial charge in [0.15, 0.2) is 0 Å². The van der Waals surface area contributed by atoms with Crippen LogP contribution in [0.3, 0.4) is 0 Å². The summed E-state index contributed by atoms with van der Waals surface area (Å²) in [6.45, 7) is 5.84. The van der Waals surface area contributed by atoms with Crippen molar-refractivity contribution >= 4 is 23.1 Å². The molecule has 0 aromatic rings. The molecule has 0 unspecified atom stereocenters. The first kappa shape index (κ1) is 19.3. The fourth-order valence-electron chi connectivity index (χ4n) is 0.928. The van der Waals surface area contributed by atoms with E-state index in [1.165, 1.54) is 25.7 Å². The van der Waals surface area contributed by atoms with Crippen LogP contribution >= 0.6 is 0 Å². The van der Waals surface area contributed by atoms with Gasteiger partial charge in [0.05, 0.1) is 0 Å². The van der Waals surface area contributed by atoms with Gasteiger partial charge in [-0.15, -0.1) is 6.08 Å². The molecular formula is C11H19BrMg. The minimum absolute atomic E-state index is 0. The number of halogens is 1. The summed E-state index contributed by atoms with van der Waals surface area (Å²) in [5.41, 5.74) is 0. The standard InChI is InChI=1S/C11H19.BrH.Mg/c1-3-5-7-9-11-10-8-6-4-2;;/h3,5,7,11H,1,4,6,8-10H2,2H3;1H;/q-1;;+2/p-1. The Morgan fingerprint density at radius 3 is 2.54 bits per heavy atom. The number of allylic oxidation sites excluding steroid dienone is 3. The predicted octanol–water partition coefficient (Wildman–Crippen LogP) is 0.526. The maximum absolute atomic E-state index is 3.61. The number of unbranched alkanes of at least 4 members (excludes halogenated alkanes) is 5. The molecule has 0 aliphatic heterocycles. The van der Waals surface area contributed by atoms with Crippen molar-refractivity contribution < 1.29 is 17.0 Å². The van der Waals surface area contributed by atoms with Crippen LogP contribution in [0.2, 0.25) is 0 Å². The largest absolute Gasteiger partial charge is 2.00 e. The molecule has 0 spiro atoms. The molecule has 0 heterocycles. The van der Waals surface area contributed by atoms with Crippen molar-refractivity contribution in [3.8, 4) is 0 Å². The van der Waals surface area contributed by atoms with Crippen molar-refractivity contribution in [2.75, 3.05) is 0 Å². The van der Waals surface area contributed by atoms with E-state index in [1.54, 1.807) is 0 Å². The molecule has 0 saturated carbocycles. The molecule has 0 aromatic heterocycles. The zero-order valence-corrected chi connectivity index (χ0v) is 11.6. The van der Waals surface area contributed by atoms with Crippen molar-refractivity contribution in [2.24, 2.45) is 0 Å². The summed E-state index contributed by atoms with van der Waals surface area (Å²) in [4.78, 5) is 0. The van der Waals surface area contributed by atoms with Gasteiger partial charge in [0, 0.05) is 0 Å². The van der Waals surface area contributed by atoms with Gasteiger partial charge in [-0.05, 0) is 0 Å². The normalized spacial score (nSPS) is 9.00. The molecule has 0 aromatic carbocycles. The Labute approximate surface area is 110 Å². The molecule has 0 rings (SSSR count). The molecule has 0 fully saturated rings. The second kappa shape index (κ2) is 18.5. The van der Waals surface area contributed by atoms with Crippen LogP contribution in [-0.2, 0) is 0 Å². The Bertz CT molecular complexity index is 111. The van der Waals surface area contributed by atoms with Crippen molar-refractivity contribution in [3.05, 3.63) is 31.2 Å². The van der Waals surface area contributed by atoms with Crippen molar-refractivity contribution in [1.29, 1.82) is 0 Å². The van der Waals surface area contributed by atoms with Gasteiger partial charge in [-0.25, -0.2) is 0 Å². The van der Waals surface area contributed by atoms with Crippen LogP contribution in [0, 0.1) is 6.42 Å². The van der Waals surface area contributed by atoms with Crippen LogP contribution in [0.15, 0.2) is 24.8 Å². The average molecular weight is 255 g/mol. The third-order valence-corrected chi connectivity index (χ3v) is 1.59. The van der Waals surface area contributed by atoms with Crippen molar-refractivity contribution in [3.63, 3.8) is 0 Å². The van der Waals surface area contributed by atoms with E-state index in [0.717, 1.165) is 6.42 Å². The SMILES string of the molecule is C=CC=CC[CH-]CCCCC.[Br-].[Mg+2]. The van der Waals surface area contributed by atoms with Crippen molar-refractivity contribution in [2.45, 2.75) is 39.0 Å². The van der Waals surface area contributed by atoms with Gasteiger partial charge >= 0.3 is 23.1 Å². The maximum Gasteiger partial charge on any atom is 2.00 e. The van der Waals surface area contributed by atoms with Crippen molar-refractivity contribution in [1.82, 2.24) is 0 Å². The first-order valence-corrected chi connectivity index (χ1v) is 4.51. The molecule has 72 valence electrons. The molecule has 0 bridgehead atoms. The fraction of sp³-hybridized carbons (Fsp3) is 0.545. The molecule has 0 aliphatic rings. The number of hydrogen-bond donors (Lipinski definition) is 0. The molecule has 0 amide bonds. The van der Waals surface area contributed by atoms with Crippen LogP contribution in [-0.4, -0.2) is 23.1 Å². The molecule has 0 N–H and O–H groups in total. The van der Waals surface area contributed by atoms with Gasteiger partial charge in [0.1, 0.15) is 0 Å². The van der Waals surface area contributed by atoms with Crippen LogP contribution in [0.1, 0.15) is 39.0 Å². The Balaban J connectivity index is -0.000000500. The quantitative estimate of drug-likeness (QED) is 0.269. The van der Waals surface area contributed by atoms with E-state index in [1.807, 2.05) is 12.2 Å². The summed E-state index contributed by atoms with van der Waals surface area (Å²) in [6, 6.07) is 0. The number of hydrogen-bond acceptors (Lipinski definition) is 0. The summed E-state index contributed by atoms with van der Waals surface area (Å²) in [5.74, 6) is 0. The average Bonchev–Trinajstić information content (AvgIpc) is 2.03. The van der Waals surface area contributed by atoms with E-state index in [4.69, 9.17) is 0 Å². The Hall–Kier alpha value is 0.726.